The van der Waals surface area contributed by atoms with E-state index in [4.69, 9.17) is 0 Å². The van der Waals surface area contributed by atoms with Crippen molar-refractivity contribution in [2.45, 2.75) is 26.2 Å². The predicted octanol–water partition coefficient (Wildman–Crippen LogP) is 2.70. The standard InChI is InChI=1S/C12H14FN3/c1-12(2,3)9-5-4-6-10(13)11(9)16-14-7-8-15-16/h4-8H,1-3H3. The SMILES string of the molecule is CC(C)(C)c1cccc(F)c1-n1nccn1. The number of hydrogen-bond donors (Lipinski definition) is 0. The number of benzene rings is 1. The summed E-state index contributed by atoms with van der Waals surface area (Å²) >= 11 is 0. The van der Waals surface area contributed by atoms with Crippen LogP contribution in [0.5, 0.6) is 0 Å². The van der Waals surface area contributed by atoms with Crippen LogP contribution in [0.3, 0.4) is 0 Å². The topological polar surface area (TPSA) is 30.7 Å². The zero-order valence-corrected chi connectivity index (χ0v) is 9.61. The van der Waals surface area contributed by atoms with Crippen LogP contribution < -0.4 is 0 Å². The van der Waals surface area contributed by atoms with Gasteiger partial charge in [-0.05, 0) is 17.0 Å². The maximum atomic E-state index is 13.8. The molecular weight excluding hydrogens is 205 g/mol. The van der Waals surface area contributed by atoms with Gasteiger partial charge in [0, 0.05) is 0 Å². The minimum atomic E-state index is -0.302. The van der Waals surface area contributed by atoms with Crippen molar-refractivity contribution in [2.24, 2.45) is 0 Å². The van der Waals surface area contributed by atoms with E-state index in [9.17, 15) is 4.39 Å². The van der Waals surface area contributed by atoms with E-state index in [1.807, 2.05) is 26.8 Å². The van der Waals surface area contributed by atoms with Crippen LogP contribution in [0.4, 0.5) is 4.39 Å². The molecule has 0 saturated carbocycles. The summed E-state index contributed by atoms with van der Waals surface area (Å²) in [6.45, 7) is 6.11. The molecule has 1 heterocycles. The first-order chi connectivity index (χ1) is 7.50. The minimum Gasteiger partial charge on any atom is -0.205 e. The first-order valence-electron chi connectivity index (χ1n) is 5.16. The molecule has 0 amide bonds. The van der Waals surface area contributed by atoms with E-state index in [1.165, 1.54) is 10.9 Å². The van der Waals surface area contributed by atoms with E-state index in [1.54, 1.807) is 18.5 Å². The molecule has 0 saturated heterocycles. The summed E-state index contributed by atoms with van der Waals surface area (Å²) in [6, 6.07) is 5.04. The Morgan fingerprint density at radius 1 is 1.12 bits per heavy atom. The molecule has 0 spiro atoms. The second-order valence-electron chi connectivity index (χ2n) is 4.70. The average molecular weight is 219 g/mol. The number of nitrogens with zero attached hydrogens (tertiary/aromatic N) is 3. The Morgan fingerprint density at radius 3 is 2.31 bits per heavy atom. The van der Waals surface area contributed by atoms with Crippen LogP contribution in [0.15, 0.2) is 30.6 Å². The second-order valence-corrected chi connectivity index (χ2v) is 4.70. The number of rotatable bonds is 1. The number of hydrogen-bond acceptors (Lipinski definition) is 2. The van der Waals surface area contributed by atoms with Crippen LogP contribution in [0, 0.1) is 5.82 Å². The smallest absolute Gasteiger partial charge is 0.151 e. The van der Waals surface area contributed by atoms with Crippen LogP contribution in [0.2, 0.25) is 0 Å². The fraction of sp³-hybridized carbons (Fsp3) is 0.333. The molecule has 0 aliphatic rings. The molecule has 0 aliphatic carbocycles. The van der Waals surface area contributed by atoms with Gasteiger partial charge in [-0.3, -0.25) is 0 Å². The van der Waals surface area contributed by atoms with Gasteiger partial charge >= 0.3 is 0 Å². The second kappa shape index (κ2) is 3.70. The molecule has 84 valence electrons. The first kappa shape index (κ1) is 10.8. The summed E-state index contributed by atoms with van der Waals surface area (Å²) in [5.74, 6) is -0.302. The summed E-state index contributed by atoms with van der Waals surface area (Å²) in [7, 11) is 0. The van der Waals surface area contributed by atoms with Crippen molar-refractivity contribution in [1.29, 1.82) is 0 Å². The van der Waals surface area contributed by atoms with Gasteiger partial charge in [0.25, 0.3) is 0 Å². The Kier molecular flexibility index (Phi) is 2.50. The maximum Gasteiger partial charge on any atom is 0.151 e. The zero-order chi connectivity index (χ0) is 11.8. The van der Waals surface area contributed by atoms with Gasteiger partial charge in [-0.25, -0.2) is 4.39 Å². The molecule has 3 nitrogen and oxygen atoms in total. The third-order valence-corrected chi connectivity index (χ3v) is 2.41. The highest BCUT2D eigenvalue weighted by atomic mass is 19.1. The molecule has 0 atom stereocenters. The van der Waals surface area contributed by atoms with Crippen molar-refractivity contribution >= 4 is 0 Å². The van der Waals surface area contributed by atoms with Gasteiger partial charge in [0.1, 0.15) is 5.69 Å². The van der Waals surface area contributed by atoms with Crippen LogP contribution in [-0.2, 0) is 5.41 Å². The Hall–Kier alpha value is -1.71. The van der Waals surface area contributed by atoms with Crippen LogP contribution in [0.1, 0.15) is 26.3 Å². The largest absolute Gasteiger partial charge is 0.205 e. The number of halogens is 1. The van der Waals surface area contributed by atoms with Gasteiger partial charge in [-0.2, -0.15) is 10.2 Å². The lowest BCUT2D eigenvalue weighted by Gasteiger charge is -2.22. The van der Waals surface area contributed by atoms with Crippen LogP contribution >= 0.6 is 0 Å². The zero-order valence-electron chi connectivity index (χ0n) is 9.61. The molecule has 4 heteroatoms. The molecule has 0 bridgehead atoms. The average Bonchev–Trinajstić information content (AvgIpc) is 2.68. The van der Waals surface area contributed by atoms with E-state index >= 15 is 0 Å². The van der Waals surface area contributed by atoms with Crippen molar-refractivity contribution < 1.29 is 4.39 Å². The monoisotopic (exact) mass is 219 g/mol. The Morgan fingerprint density at radius 2 is 1.75 bits per heavy atom. The summed E-state index contributed by atoms with van der Waals surface area (Å²) in [5, 5.41) is 7.97. The van der Waals surface area contributed by atoms with Gasteiger partial charge < -0.3 is 0 Å². The molecule has 0 unspecified atom stereocenters. The normalized spacial score (nSPS) is 11.8. The molecule has 16 heavy (non-hydrogen) atoms. The third kappa shape index (κ3) is 1.83. The molecule has 0 N–H and O–H groups in total. The highest BCUT2D eigenvalue weighted by Gasteiger charge is 2.22. The lowest BCUT2D eigenvalue weighted by Crippen LogP contribution is -2.17. The Balaban J connectivity index is 2.68. The van der Waals surface area contributed by atoms with E-state index in [-0.39, 0.29) is 11.2 Å². The van der Waals surface area contributed by atoms with Crippen LogP contribution in [-0.4, -0.2) is 15.0 Å². The molecule has 0 fully saturated rings. The van der Waals surface area contributed by atoms with Gasteiger partial charge in [-0.15, -0.1) is 4.80 Å². The number of para-hydroxylation sites is 1. The van der Waals surface area contributed by atoms with Crippen molar-refractivity contribution in [3.05, 3.63) is 42.0 Å². The van der Waals surface area contributed by atoms with Crippen molar-refractivity contribution in [1.82, 2.24) is 15.0 Å². The Labute approximate surface area is 93.9 Å². The highest BCUT2D eigenvalue weighted by Crippen LogP contribution is 2.29. The van der Waals surface area contributed by atoms with Gasteiger partial charge in [-0.1, -0.05) is 32.9 Å². The molecule has 0 radical (unpaired) electrons. The molecular formula is C12H14FN3. The summed E-state index contributed by atoms with van der Waals surface area (Å²) < 4.78 is 13.8. The van der Waals surface area contributed by atoms with Gasteiger partial charge in [0.05, 0.1) is 12.4 Å². The molecule has 2 rings (SSSR count). The lowest BCUT2D eigenvalue weighted by atomic mass is 9.86. The van der Waals surface area contributed by atoms with Gasteiger partial charge in [0.15, 0.2) is 5.82 Å². The van der Waals surface area contributed by atoms with E-state index in [0.29, 0.717) is 5.69 Å². The molecule has 1 aromatic heterocycles. The van der Waals surface area contributed by atoms with E-state index < -0.39 is 0 Å². The van der Waals surface area contributed by atoms with E-state index in [2.05, 4.69) is 10.2 Å². The Bertz CT molecular complexity index is 483. The summed E-state index contributed by atoms with van der Waals surface area (Å²) in [5.41, 5.74) is 1.18. The molecule has 1 aromatic carbocycles. The fourth-order valence-electron chi connectivity index (χ4n) is 1.66. The predicted molar refractivity (Wildman–Crippen MR) is 60.0 cm³/mol. The van der Waals surface area contributed by atoms with Crippen molar-refractivity contribution in [2.75, 3.05) is 0 Å². The fourth-order valence-corrected chi connectivity index (χ4v) is 1.66. The number of aromatic nitrogens is 3. The maximum absolute atomic E-state index is 13.8. The minimum absolute atomic E-state index is 0.148. The summed E-state index contributed by atoms with van der Waals surface area (Å²) in [4.78, 5) is 1.33. The molecule has 0 aliphatic heterocycles. The third-order valence-electron chi connectivity index (χ3n) is 2.41. The molecule has 2 aromatic rings. The van der Waals surface area contributed by atoms with Crippen molar-refractivity contribution in [3.63, 3.8) is 0 Å². The quantitative estimate of drug-likeness (QED) is 0.738. The highest BCUT2D eigenvalue weighted by molar-refractivity contribution is 5.44. The summed E-state index contributed by atoms with van der Waals surface area (Å²) in [6.07, 6.45) is 3.08. The lowest BCUT2D eigenvalue weighted by molar-refractivity contribution is 0.546. The van der Waals surface area contributed by atoms with E-state index in [0.717, 1.165) is 5.56 Å². The first-order valence-corrected chi connectivity index (χ1v) is 5.16. The van der Waals surface area contributed by atoms with Gasteiger partial charge in [0.2, 0.25) is 0 Å². The van der Waals surface area contributed by atoms with Crippen molar-refractivity contribution in [3.8, 4) is 5.69 Å². The van der Waals surface area contributed by atoms with Crippen LogP contribution in [0.25, 0.3) is 5.69 Å².